The van der Waals surface area contributed by atoms with Gasteiger partial charge in [0, 0.05) is 22.7 Å². The molecular formula is C24H16N6O2S. The standard InChI is InChI=1S/C24H16N6O2S/c31-21-20(27-19(14-7-2-1-3-8-14)16-10-4-5-11-17(16)26-21)28-24-30-29-22(32-24)18-13-15-9-6-12-25-23(15)33-18/h1-13,20H,(H,26,31)(H,28,30). The molecule has 33 heavy (non-hydrogen) atoms. The Balaban J connectivity index is 1.35. The van der Waals surface area contributed by atoms with Gasteiger partial charge in [0.1, 0.15) is 4.83 Å². The molecule has 0 saturated heterocycles. The monoisotopic (exact) mass is 452 g/mol. The van der Waals surface area contributed by atoms with Crippen LogP contribution in [0.3, 0.4) is 0 Å². The first-order valence-electron chi connectivity index (χ1n) is 10.2. The first-order valence-corrected chi connectivity index (χ1v) is 11.0. The minimum absolute atomic E-state index is 0.109. The fraction of sp³-hybridized carbons (Fsp3) is 0.0417. The molecule has 4 heterocycles. The molecule has 0 fully saturated rings. The molecule has 2 aromatic carbocycles. The highest BCUT2D eigenvalue weighted by atomic mass is 32.1. The van der Waals surface area contributed by atoms with Crippen molar-refractivity contribution in [1.29, 1.82) is 0 Å². The Hall–Kier alpha value is -4.37. The fourth-order valence-corrected chi connectivity index (χ4v) is 4.58. The summed E-state index contributed by atoms with van der Waals surface area (Å²) in [5, 5.41) is 15.1. The zero-order chi connectivity index (χ0) is 22.2. The first-order chi connectivity index (χ1) is 16.2. The summed E-state index contributed by atoms with van der Waals surface area (Å²) in [5.74, 6) is 0.0317. The summed E-state index contributed by atoms with van der Waals surface area (Å²) in [6.45, 7) is 0. The molecule has 0 bridgehead atoms. The van der Waals surface area contributed by atoms with Crippen molar-refractivity contribution in [3.8, 4) is 10.8 Å². The third-order valence-corrected chi connectivity index (χ3v) is 6.23. The Morgan fingerprint density at radius 1 is 0.970 bits per heavy atom. The second-order valence-corrected chi connectivity index (χ2v) is 8.38. The predicted octanol–water partition coefficient (Wildman–Crippen LogP) is 4.57. The summed E-state index contributed by atoms with van der Waals surface area (Å²) in [5.41, 5.74) is 3.12. The summed E-state index contributed by atoms with van der Waals surface area (Å²) >= 11 is 1.46. The van der Waals surface area contributed by atoms with Crippen molar-refractivity contribution in [2.24, 2.45) is 4.99 Å². The van der Waals surface area contributed by atoms with Crippen molar-refractivity contribution < 1.29 is 9.21 Å². The van der Waals surface area contributed by atoms with Crippen LogP contribution in [0.4, 0.5) is 11.7 Å². The van der Waals surface area contributed by atoms with Crippen LogP contribution in [-0.2, 0) is 4.79 Å². The molecule has 0 spiro atoms. The van der Waals surface area contributed by atoms with E-state index in [2.05, 4.69) is 25.8 Å². The zero-order valence-corrected chi connectivity index (χ0v) is 17.9. The van der Waals surface area contributed by atoms with Crippen LogP contribution in [0.5, 0.6) is 0 Å². The minimum Gasteiger partial charge on any atom is -0.402 e. The van der Waals surface area contributed by atoms with Gasteiger partial charge < -0.3 is 15.1 Å². The molecule has 1 aliphatic heterocycles. The number of pyridine rings is 1. The molecule has 1 atom stereocenters. The van der Waals surface area contributed by atoms with Gasteiger partial charge >= 0.3 is 6.01 Å². The predicted molar refractivity (Wildman–Crippen MR) is 127 cm³/mol. The summed E-state index contributed by atoms with van der Waals surface area (Å²) in [7, 11) is 0. The number of nitrogens with zero attached hydrogens (tertiary/aromatic N) is 4. The molecule has 0 aliphatic carbocycles. The van der Waals surface area contributed by atoms with E-state index in [1.165, 1.54) is 11.3 Å². The molecule has 0 radical (unpaired) electrons. The van der Waals surface area contributed by atoms with Crippen LogP contribution in [0.15, 0.2) is 88.4 Å². The number of rotatable bonds is 4. The number of thiophene rings is 1. The molecule has 0 saturated carbocycles. The lowest BCUT2D eigenvalue weighted by atomic mass is 10.0. The van der Waals surface area contributed by atoms with Gasteiger partial charge in [-0.15, -0.1) is 16.4 Å². The van der Waals surface area contributed by atoms with Gasteiger partial charge in [0.2, 0.25) is 6.17 Å². The van der Waals surface area contributed by atoms with Crippen molar-refractivity contribution in [3.63, 3.8) is 0 Å². The van der Waals surface area contributed by atoms with Crippen LogP contribution in [-0.4, -0.2) is 33.0 Å². The molecule has 1 aliphatic rings. The van der Waals surface area contributed by atoms with Gasteiger partial charge in [0.15, 0.2) is 0 Å². The van der Waals surface area contributed by atoms with Gasteiger partial charge in [-0.1, -0.05) is 59.7 Å². The third kappa shape index (κ3) is 3.64. The number of para-hydroxylation sites is 1. The van der Waals surface area contributed by atoms with E-state index < -0.39 is 6.17 Å². The Kier molecular flexibility index (Phi) is 4.66. The molecule has 1 unspecified atom stereocenters. The molecule has 6 rings (SSSR count). The van der Waals surface area contributed by atoms with Crippen LogP contribution in [0.1, 0.15) is 11.1 Å². The molecule has 1 amide bonds. The maximum atomic E-state index is 13.0. The van der Waals surface area contributed by atoms with Crippen LogP contribution in [0.25, 0.3) is 21.0 Å². The summed E-state index contributed by atoms with van der Waals surface area (Å²) in [6.07, 6.45) is 0.791. The van der Waals surface area contributed by atoms with E-state index in [4.69, 9.17) is 9.41 Å². The van der Waals surface area contributed by atoms with Gasteiger partial charge in [-0.25, -0.2) is 9.98 Å². The highest BCUT2D eigenvalue weighted by Crippen LogP contribution is 2.32. The third-order valence-electron chi connectivity index (χ3n) is 5.18. The van der Waals surface area contributed by atoms with Gasteiger partial charge in [-0.2, -0.15) is 0 Å². The van der Waals surface area contributed by atoms with Gasteiger partial charge in [-0.3, -0.25) is 4.79 Å². The highest BCUT2D eigenvalue weighted by Gasteiger charge is 2.27. The number of fused-ring (bicyclic) bond motifs is 2. The number of amides is 1. The second kappa shape index (κ2) is 7.95. The number of carbonyl (C=O) groups excluding carboxylic acids is 1. The van der Waals surface area contributed by atoms with E-state index in [0.717, 1.165) is 26.2 Å². The number of benzene rings is 2. The van der Waals surface area contributed by atoms with Crippen molar-refractivity contribution >= 4 is 44.9 Å². The lowest BCUT2D eigenvalue weighted by molar-refractivity contribution is -0.116. The molecule has 2 N–H and O–H groups in total. The van der Waals surface area contributed by atoms with Crippen molar-refractivity contribution in [2.75, 3.05) is 10.6 Å². The number of aromatic nitrogens is 3. The summed E-state index contributed by atoms with van der Waals surface area (Å²) in [6, 6.07) is 23.2. The normalized spacial score (nSPS) is 15.5. The number of aliphatic imine (C=N–C) groups is 1. The quantitative estimate of drug-likeness (QED) is 0.414. The number of hydrogen-bond acceptors (Lipinski definition) is 8. The largest absolute Gasteiger partial charge is 0.402 e. The topological polar surface area (TPSA) is 105 Å². The smallest absolute Gasteiger partial charge is 0.317 e. The van der Waals surface area contributed by atoms with Gasteiger partial charge in [0.05, 0.1) is 16.3 Å². The SMILES string of the molecule is O=C1Nc2ccccc2C(c2ccccc2)=NC1Nc1nnc(-c2cc3cccnc3s2)o1. The second-order valence-electron chi connectivity index (χ2n) is 7.35. The van der Waals surface area contributed by atoms with Crippen molar-refractivity contribution in [1.82, 2.24) is 15.2 Å². The van der Waals surface area contributed by atoms with Crippen LogP contribution in [0.2, 0.25) is 0 Å². The highest BCUT2D eigenvalue weighted by molar-refractivity contribution is 7.21. The zero-order valence-electron chi connectivity index (χ0n) is 17.1. The van der Waals surface area contributed by atoms with Crippen LogP contribution in [0, 0.1) is 0 Å². The van der Waals surface area contributed by atoms with E-state index in [1.807, 2.05) is 72.8 Å². The molecule has 9 heteroatoms. The van der Waals surface area contributed by atoms with Gasteiger partial charge in [0.25, 0.3) is 11.8 Å². The Morgan fingerprint density at radius 2 is 1.82 bits per heavy atom. The number of carbonyl (C=O) groups is 1. The molecule has 3 aromatic heterocycles. The lowest BCUT2D eigenvalue weighted by Gasteiger charge is -2.11. The Bertz CT molecular complexity index is 1470. The van der Waals surface area contributed by atoms with Crippen LogP contribution < -0.4 is 10.6 Å². The number of nitrogens with one attached hydrogen (secondary N) is 2. The van der Waals surface area contributed by atoms with E-state index >= 15 is 0 Å². The number of anilines is 2. The average molecular weight is 452 g/mol. The number of hydrogen-bond donors (Lipinski definition) is 2. The Morgan fingerprint density at radius 3 is 2.70 bits per heavy atom. The maximum absolute atomic E-state index is 13.0. The van der Waals surface area contributed by atoms with E-state index in [9.17, 15) is 4.79 Å². The molecule has 5 aromatic rings. The average Bonchev–Trinajstić information content (AvgIpc) is 3.46. The lowest BCUT2D eigenvalue weighted by Crippen LogP contribution is -2.32. The maximum Gasteiger partial charge on any atom is 0.317 e. The van der Waals surface area contributed by atoms with Crippen molar-refractivity contribution in [2.45, 2.75) is 6.17 Å². The van der Waals surface area contributed by atoms with E-state index in [0.29, 0.717) is 17.3 Å². The fourth-order valence-electron chi connectivity index (χ4n) is 3.66. The summed E-state index contributed by atoms with van der Waals surface area (Å²) in [4.78, 5) is 23.8. The summed E-state index contributed by atoms with van der Waals surface area (Å²) < 4.78 is 5.81. The Labute approximate surface area is 192 Å². The van der Waals surface area contributed by atoms with Crippen molar-refractivity contribution in [3.05, 3.63) is 90.1 Å². The first kappa shape index (κ1) is 19.3. The molecule has 160 valence electrons. The number of benzodiazepines with no additional fused rings is 1. The van der Waals surface area contributed by atoms with E-state index in [1.54, 1.807) is 6.20 Å². The van der Waals surface area contributed by atoms with Gasteiger partial charge in [-0.05, 0) is 18.2 Å². The minimum atomic E-state index is -0.954. The molecular weight excluding hydrogens is 436 g/mol. The van der Waals surface area contributed by atoms with Crippen LogP contribution >= 0.6 is 11.3 Å². The van der Waals surface area contributed by atoms with E-state index in [-0.39, 0.29) is 11.9 Å². The molecule has 8 nitrogen and oxygen atoms in total.